The lowest BCUT2D eigenvalue weighted by Crippen LogP contribution is -2.16. The van der Waals surface area contributed by atoms with E-state index in [9.17, 15) is 4.79 Å². The van der Waals surface area contributed by atoms with Gasteiger partial charge in [-0.25, -0.2) is 0 Å². The van der Waals surface area contributed by atoms with Crippen molar-refractivity contribution in [1.82, 2.24) is 4.57 Å². The van der Waals surface area contributed by atoms with Gasteiger partial charge in [-0.05, 0) is 43.0 Å². The Morgan fingerprint density at radius 1 is 1.39 bits per heavy atom. The lowest BCUT2D eigenvalue weighted by Gasteiger charge is -2.09. The van der Waals surface area contributed by atoms with Crippen LogP contribution in [-0.4, -0.2) is 16.6 Å². The summed E-state index contributed by atoms with van der Waals surface area (Å²) in [6.07, 6.45) is 1.81. The second kappa shape index (κ2) is 5.23. The second-order valence-corrected chi connectivity index (χ2v) is 4.58. The van der Waals surface area contributed by atoms with Crippen molar-refractivity contribution in [3.05, 3.63) is 36.0 Å². The molecule has 0 atom stereocenters. The predicted molar refractivity (Wildman–Crippen MR) is 71.1 cm³/mol. The number of ether oxygens (including phenoxy) is 1. The van der Waals surface area contributed by atoms with E-state index in [0.29, 0.717) is 6.54 Å². The Morgan fingerprint density at radius 3 is 2.83 bits per heavy atom. The van der Waals surface area contributed by atoms with E-state index in [0.717, 1.165) is 16.5 Å². The zero-order valence-corrected chi connectivity index (χ0v) is 10.7. The zero-order valence-electron chi connectivity index (χ0n) is 10.7. The molecule has 1 heterocycles. The Hall–Kier alpha value is -1.81. The molecule has 1 aromatic heterocycles. The molecule has 0 bridgehead atoms. The molecule has 0 spiro atoms. The number of nitrogens with zero attached hydrogens (tertiary/aromatic N) is 1. The molecule has 2 rings (SSSR count). The summed E-state index contributed by atoms with van der Waals surface area (Å²) in [4.78, 5) is 11.6. The number of carbonyl (C=O) groups is 1. The van der Waals surface area contributed by atoms with E-state index >= 15 is 0 Å². The topological polar surface area (TPSA) is 57.2 Å². The monoisotopic (exact) mass is 246 g/mol. The summed E-state index contributed by atoms with van der Waals surface area (Å²) in [5.41, 5.74) is 7.71. The normalized spacial score (nSPS) is 11.1. The maximum atomic E-state index is 11.6. The molecule has 0 aliphatic heterocycles. The SMILES string of the molecule is CC(C)OC(=O)Cn1ccc2cc(CN)ccc21. The third-order valence-corrected chi connectivity index (χ3v) is 2.74. The van der Waals surface area contributed by atoms with Crippen LogP contribution in [0.1, 0.15) is 19.4 Å². The van der Waals surface area contributed by atoms with Crippen LogP contribution in [0, 0.1) is 0 Å². The highest BCUT2D eigenvalue weighted by molar-refractivity contribution is 5.82. The van der Waals surface area contributed by atoms with Gasteiger partial charge in [-0.15, -0.1) is 0 Å². The van der Waals surface area contributed by atoms with Crippen LogP contribution < -0.4 is 5.73 Å². The highest BCUT2D eigenvalue weighted by Gasteiger charge is 2.09. The number of nitrogens with two attached hydrogens (primary N) is 1. The number of fused-ring (bicyclic) bond motifs is 1. The molecule has 0 unspecified atom stereocenters. The largest absolute Gasteiger partial charge is 0.462 e. The van der Waals surface area contributed by atoms with Crippen LogP contribution in [0.15, 0.2) is 30.5 Å². The lowest BCUT2D eigenvalue weighted by molar-refractivity contribution is -0.148. The van der Waals surface area contributed by atoms with Gasteiger partial charge in [-0.2, -0.15) is 0 Å². The van der Waals surface area contributed by atoms with Gasteiger partial charge < -0.3 is 15.0 Å². The molecule has 0 saturated heterocycles. The van der Waals surface area contributed by atoms with Gasteiger partial charge in [0.1, 0.15) is 6.54 Å². The molecule has 0 fully saturated rings. The van der Waals surface area contributed by atoms with E-state index in [4.69, 9.17) is 10.5 Å². The number of hydrogen-bond acceptors (Lipinski definition) is 3. The minimum Gasteiger partial charge on any atom is -0.462 e. The Kier molecular flexibility index (Phi) is 3.67. The summed E-state index contributed by atoms with van der Waals surface area (Å²) in [6, 6.07) is 7.99. The summed E-state index contributed by atoms with van der Waals surface area (Å²) in [5.74, 6) is -0.217. The molecule has 0 radical (unpaired) electrons. The first-order valence-corrected chi connectivity index (χ1v) is 6.07. The Balaban J connectivity index is 2.22. The Morgan fingerprint density at radius 2 is 2.17 bits per heavy atom. The molecular formula is C14H18N2O2. The third kappa shape index (κ3) is 2.71. The summed E-state index contributed by atoms with van der Waals surface area (Å²) < 4.78 is 7.03. The van der Waals surface area contributed by atoms with Gasteiger partial charge in [-0.1, -0.05) is 6.07 Å². The van der Waals surface area contributed by atoms with Crippen molar-refractivity contribution in [2.45, 2.75) is 33.0 Å². The zero-order chi connectivity index (χ0) is 13.1. The fraction of sp³-hybridized carbons (Fsp3) is 0.357. The lowest BCUT2D eigenvalue weighted by atomic mass is 10.1. The number of rotatable bonds is 4. The van der Waals surface area contributed by atoms with E-state index in [2.05, 4.69) is 0 Å². The van der Waals surface area contributed by atoms with Crippen molar-refractivity contribution in [2.75, 3.05) is 0 Å². The molecule has 4 heteroatoms. The molecule has 1 aromatic carbocycles. The van der Waals surface area contributed by atoms with Gasteiger partial charge in [0.25, 0.3) is 0 Å². The van der Waals surface area contributed by atoms with Crippen molar-refractivity contribution < 1.29 is 9.53 Å². The fourth-order valence-corrected chi connectivity index (χ4v) is 1.95. The number of carbonyl (C=O) groups excluding carboxylic acids is 1. The molecule has 4 nitrogen and oxygen atoms in total. The first-order valence-electron chi connectivity index (χ1n) is 6.07. The van der Waals surface area contributed by atoms with E-state index in [1.54, 1.807) is 0 Å². The summed E-state index contributed by atoms with van der Waals surface area (Å²) in [6.45, 7) is 4.46. The molecule has 18 heavy (non-hydrogen) atoms. The molecule has 0 saturated carbocycles. The number of benzene rings is 1. The molecule has 0 aliphatic rings. The molecule has 0 amide bonds. The van der Waals surface area contributed by atoms with Crippen LogP contribution in [0.3, 0.4) is 0 Å². The van der Waals surface area contributed by atoms with Gasteiger partial charge in [-0.3, -0.25) is 4.79 Å². The third-order valence-electron chi connectivity index (χ3n) is 2.74. The second-order valence-electron chi connectivity index (χ2n) is 4.58. The van der Waals surface area contributed by atoms with Gasteiger partial charge in [0.15, 0.2) is 0 Å². The smallest absolute Gasteiger partial charge is 0.326 e. The quantitative estimate of drug-likeness (QED) is 0.840. The first-order chi connectivity index (χ1) is 8.60. The van der Waals surface area contributed by atoms with E-state index in [1.165, 1.54) is 0 Å². The van der Waals surface area contributed by atoms with Gasteiger partial charge in [0, 0.05) is 18.3 Å². The van der Waals surface area contributed by atoms with Crippen LogP contribution in [0.4, 0.5) is 0 Å². The molecular weight excluding hydrogens is 228 g/mol. The summed E-state index contributed by atoms with van der Waals surface area (Å²) in [5, 5.41) is 1.09. The van der Waals surface area contributed by atoms with Crippen molar-refractivity contribution in [3.63, 3.8) is 0 Å². The van der Waals surface area contributed by atoms with Crippen LogP contribution in [-0.2, 0) is 22.6 Å². The molecule has 2 N–H and O–H groups in total. The molecule has 0 aliphatic carbocycles. The van der Waals surface area contributed by atoms with E-state index in [-0.39, 0.29) is 18.6 Å². The maximum absolute atomic E-state index is 11.6. The Labute approximate surface area is 106 Å². The fourth-order valence-electron chi connectivity index (χ4n) is 1.95. The van der Waals surface area contributed by atoms with Crippen molar-refractivity contribution in [2.24, 2.45) is 5.73 Å². The van der Waals surface area contributed by atoms with Gasteiger partial charge >= 0.3 is 5.97 Å². The number of esters is 1. The van der Waals surface area contributed by atoms with Crippen LogP contribution in [0.25, 0.3) is 10.9 Å². The predicted octanol–water partition coefficient (Wildman–Crippen LogP) is 2.05. The van der Waals surface area contributed by atoms with Gasteiger partial charge in [0.2, 0.25) is 0 Å². The highest BCUT2D eigenvalue weighted by Crippen LogP contribution is 2.17. The van der Waals surface area contributed by atoms with Crippen molar-refractivity contribution >= 4 is 16.9 Å². The number of hydrogen-bond donors (Lipinski definition) is 1. The average molecular weight is 246 g/mol. The van der Waals surface area contributed by atoms with Crippen LogP contribution in [0.5, 0.6) is 0 Å². The molecule has 96 valence electrons. The number of aromatic nitrogens is 1. The van der Waals surface area contributed by atoms with E-state index < -0.39 is 0 Å². The maximum Gasteiger partial charge on any atom is 0.326 e. The summed E-state index contributed by atoms with van der Waals surface area (Å²) in [7, 11) is 0. The standard InChI is InChI=1S/C14H18N2O2/c1-10(2)18-14(17)9-16-6-5-12-7-11(8-15)3-4-13(12)16/h3-7,10H,8-9,15H2,1-2H3. The average Bonchev–Trinajstić information content (AvgIpc) is 2.70. The first kappa shape index (κ1) is 12.6. The van der Waals surface area contributed by atoms with Crippen molar-refractivity contribution in [1.29, 1.82) is 0 Å². The van der Waals surface area contributed by atoms with Crippen molar-refractivity contribution in [3.8, 4) is 0 Å². The summed E-state index contributed by atoms with van der Waals surface area (Å²) >= 11 is 0. The highest BCUT2D eigenvalue weighted by atomic mass is 16.5. The van der Waals surface area contributed by atoms with Gasteiger partial charge in [0.05, 0.1) is 6.10 Å². The Bertz CT molecular complexity index is 558. The minimum atomic E-state index is -0.217. The van der Waals surface area contributed by atoms with E-state index in [1.807, 2.05) is 48.9 Å². The minimum absolute atomic E-state index is 0.0804. The van der Waals surface area contributed by atoms with Crippen LogP contribution in [0.2, 0.25) is 0 Å². The molecule has 2 aromatic rings. The van der Waals surface area contributed by atoms with Crippen LogP contribution >= 0.6 is 0 Å².